The Morgan fingerprint density at radius 2 is 1.68 bits per heavy atom. The number of aliphatic hydroxyl groups is 1. The first kappa shape index (κ1) is 24.4. The quantitative estimate of drug-likeness (QED) is 0.617. The molecule has 0 unspecified atom stereocenters. The monoisotopic (exact) mass is 463 g/mol. The SMILES string of the molecule is CN(C)C(=O)c1ccc(C=CC(=O)NCC(=O)N(C)c2ccc(Cl)c(CO)c2Cl)cc1. The molecule has 0 radical (unpaired) electrons. The van der Waals surface area contributed by atoms with E-state index in [0.717, 1.165) is 5.56 Å². The molecule has 3 amide bonds. The van der Waals surface area contributed by atoms with Crippen molar-refractivity contribution in [2.24, 2.45) is 0 Å². The molecule has 0 atom stereocenters. The van der Waals surface area contributed by atoms with Crippen LogP contribution in [0, 0.1) is 0 Å². The number of anilines is 1. The van der Waals surface area contributed by atoms with Crippen LogP contribution in [0.2, 0.25) is 10.0 Å². The number of hydrogen-bond acceptors (Lipinski definition) is 4. The maximum absolute atomic E-state index is 12.4. The molecule has 0 aliphatic heterocycles. The van der Waals surface area contributed by atoms with E-state index in [-0.39, 0.29) is 24.1 Å². The average Bonchev–Trinajstić information content (AvgIpc) is 2.75. The number of likely N-dealkylation sites (N-methyl/N-ethyl adjacent to an activating group) is 1. The summed E-state index contributed by atoms with van der Waals surface area (Å²) in [6, 6.07) is 9.90. The normalized spacial score (nSPS) is 10.8. The summed E-state index contributed by atoms with van der Waals surface area (Å²) in [5, 5.41) is 12.4. The molecule has 2 aromatic carbocycles. The highest BCUT2D eigenvalue weighted by Crippen LogP contribution is 2.33. The van der Waals surface area contributed by atoms with Gasteiger partial charge in [-0.1, -0.05) is 35.3 Å². The summed E-state index contributed by atoms with van der Waals surface area (Å²) in [7, 11) is 4.86. The van der Waals surface area contributed by atoms with Crippen molar-refractivity contribution in [2.75, 3.05) is 32.6 Å². The summed E-state index contributed by atoms with van der Waals surface area (Å²) in [6.07, 6.45) is 2.88. The van der Waals surface area contributed by atoms with Gasteiger partial charge in [-0.3, -0.25) is 14.4 Å². The predicted octanol–water partition coefficient (Wildman–Crippen LogP) is 2.98. The molecule has 31 heavy (non-hydrogen) atoms. The molecule has 0 saturated carbocycles. The van der Waals surface area contributed by atoms with Crippen LogP contribution in [-0.4, -0.2) is 55.4 Å². The Morgan fingerprint density at radius 1 is 1.03 bits per heavy atom. The molecule has 0 aliphatic carbocycles. The Kier molecular flexibility index (Phi) is 8.62. The molecule has 0 spiro atoms. The molecule has 0 saturated heterocycles. The summed E-state index contributed by atoms with van der Waals surface area (Å²) < 4.78 is 0. The van der Waals surface area contributed by atoms with Crippen molar-refractivity contribution in [3.8, 4) is 0 Å². The summed E-state index contributed by atoms with van der Waals surface area (Å²) in [6.45, 7) is -0.608. The van der Waals surface area contributed by atoms with E-state index < -0.39 is 11.8 Å². The Morgan fingerprint density at radius 3 is 2.26 bits per heavy atom. The molecule has 0 aromatic heterocycles. The van der Waals surface area contributed by atoms with Gasteiger partial charge in [0.1, 0.15) is 0 Å². The highest BCUT2D eigenvalue weighted by molar-refractivity contribution is 6.38. The lowest BCUT2D eigenvalue weighted by atomic mass is 10.1. The van der Waals surface area contributed by atoms with Crippen LogP contribution in [-0.2, 0) is 16.2 Å². The Bertz CT molecular complexity index is 1000. The van der Waals surface area contributed by atoms with E-state index in [1.807, 2.05) is 0 Å². The summed E-state index contributed by atoms with van der Waals surface area (Å²) in [4.78, 5) is 39.1. The molecule has 9 heteroatoms. The predicted molar refractivity (Wildman–Crippen MR) is 122 cm³/mol. The maximum Gasteiger partial charge on any atom is 0.253 e. The summed E-state index contributed by atoms with van der Waals surface area (Å²) in [5.74, 6) is -0.960. The van der Waals surface area contributed by atoms with Gasteiger partial charge >= 0.3 is 0 Å². The number of rotatable bonds is 7. The molecule has 0 fully saturated rings. The number of halogens is 2. The standard InChI is InChI=1S/C22H23Cl2N3O4/c1-26(2)22(31)15-7-4-14(5-8-15)6-11-19(29)25-12-20(30)27(3)18-10-9-17(23)16(13-28)21(18)24/h4-11,28H,12-13H2,1-3H3,(H,25,29). The molecule has 0 heterocycles. The molecule has 2 rings (SSSR count). The molecule has 0 bridgehead atoms. The average molecular weight is 464 g/mol. The van der Waals surface area contributed by atoms with Crippen molar-refractivity contribution in [1.29, 1.82) is 0 Å². The fraction of sp³-hybridized carbons (Fsp3) is 0.227. The molecule has 2 aromatic rings. The summed E-state index contributed by atoms with van der Waals surface area (Å²) >= 11 is 12.2. The van der Waals surface area contributed by atoms with E-state index in [1.165, 1.54) is 29.0 Å². The minimum absolute atomic E-state index is 0.109. The second kappa shape index (κ2) is 10.9. The number of carbonyl (C=O) groups excluding carboxylic acids is 3. The van der Waals surface area contributed by atoms with Crippen molar-refractivity contribution in [3.05, 3.63) is 69.2 Å². The fourth-order valence-electron chi connectivity index (χ4n) is 2.63. The van der Waals surface area contributed by atoms with Crippen LogP contribution in [0.4, 0.5) is 5.69 Å². The van der Waals surface area contributed by atoms with Crippen LogP contribution in [0.15, 0.2) is 42.5 Å². The zero-order chi connectivity index (χ0) is 23.1. The Hall–Kier alpha value is -2.87. The molecule has 0 aliphatic rings. The van der Waals surface area contributed by atoms with E-state index in [0.29, 0.717) is 21.8 Å². The number of benzene rings is 2. The van der Waals surface area contributed by atoms with Crippen LogP contribution < -0.4 is 10.2 Å². The zero-order valence-corrected chi connectivity index (χ0v) is 18.9. The van der Waals surface area contributed by atoms with Crippen LogP contribution in [0.3, 0.4) is 0 Å². The Labute approximate surface area is 190 Å². The van der Waals surface area contributed by atoms with Gasteiger partial charge in [0.25, 0.3) is 5.91 Å². The largest absolute Gasteiger partial charge is 0.392 e. The third-order valence-corrected chi connectivity index (χ3v) is 5.24. The van der Waals surface area contributed by atoms with E-state index in [1.54, 1.807) is 50.5 Å². The van der Waals surface area contributed by atoms with Gasteiger partial charge in [0.2, 0.25) is 11.8 Å². The van der Waals surface area contributed by atoms with Crippen molar-refractivity contribution in [1.82, 2.24) is 10.2 Å². The van der Waals surface area contributed by atoms with Crippen LogP contribution in [0.25, 0.3) is 6.08 Å². The van der Waals surface area contributed by atoms with Crippen molar-refractivity contribution in [2.45, 2.75) is 6.61 Å². The zero-order valence-electron chi connectivity index (χ0n) is 17.4. The Balaban J connectivity index is 1.95. The molecular weight excluding hydrogens is 441 g/mol. The number of carbonyl (C=O) groups is 3. The lowest BCUT2D eigenvalue weighted by Gasteiger charge is -2.20. The number of hydrogen-bond donors (Lipinski definition) is 2. The molecular formula is C22H23Cl2N3O4. The van der Waals surface area contributed by atoms with Crippen LogP contribution in [0.5, 0.6) is 0 Å². The van der Waals surface area contributed by atoms with E-state index in [2.05, 4.69) is 5.32 Å². The summed E-state index contributed by atoms with van der Waals surface area (Å²) in [5.41, 5.74) is 1.98. The van der Waals surface area contributed by atoms with Gasteiger partial charge in [0.15, 0.2) is 0 Å². The minimum atomic E-state index is -0.451. The molecule has 2 N–H and O–H groups in total. The fourth-order valence-corrected chi connectivity index (χ4v) is 3.25. The minimum Gasteiger partial charge on any atom is -0.392 e. The van der Waals surface area contributed by atoms with Crippen molar-refractivity contribution >= 4 is 52.7 Å². The highest BCUT2D eigenvalue weighted by atomic mass is 35.5. The number of amides is 3. The maximum atomic E-state index is 12.4. The number of nitrogens with zero attached hydrogens (tertiary/aromatic N) is 2. The third kappa shape index (κ3) is 6.30. The van der Waals surface area contributed by atoms with Crippen molar-refractivity contribution < 1.29 is 19.5 Å². The lowest BCUT2D eigenvalue weighted by Crippen LogP contribution is -2.37. The van der Waals surface area contributed by atoms with Gasteiger partial charge < -0.3 is 20.2 Å². The van der Waals surface area contributed by atoms with Crippen molar-refractivity contribution in [3.63, 3.8) is 0 Å². The van der Waals surface area contributed by atoms with E-state index in [9.17, 15) is 19.5 Å². The lowest BCUT2D eigenvalue weighted by molar-refractivity contribution is -0.122. The van der Waals surface area contributed by atoms with Gasteiger partial charge in [-0.2, -0.15) is 0 Å². The smallest absolute Gasteiger partial charge is 0.253 e. The molecule has 164 valence electrons. The van der Waals surface area contributed by atoms with Gasteiger partial charge in [0.05, 0.1) is 23.9 Å². The van der Waals surface area contributed by atoms with Gasteiger partial charge in [-0.25, -0.2) is 0 Å². The van der Waals surface area contributed by atoms with Gasteiger partial charge in [-0.05, 0) is 35.9 Å². The molecule has 7 nitrogen and oxygen atoms in total. The van der Waals surface area contributed by atoms with Crippen LogP contribution in [0.1, 0.15) is 21.5 Å². The second-order valence-corrected chi connectivity index (χ2v) is 7.63. The first-order valence-electron chi connectivity index (χ1n) is 9.27. The van der Waals surface area contributed by atoms with Crippen LogP contribution >= 0.6 is 23.2 Å². The first-order chi connectivity index (χ1) is 14.6. The highest BCUT2D eigenvalue weighted by Gasteiger charge is 2.18. The first-order valence-corrected chi connectivity index (χ1v) is 10.0. The topological polar surface area (TPSA) is 90.0 Å². The number of nitrogens with one attached hydrogen (secondary N) is 1. The van der Waals surface area contributed by atoms with E-state index >= 15 is 0 Å². The number of aliphatic hydroxyl groups excluding tert-OH is 1. The van der Waals surface area contributed by atoms with Gasteiger partial charge in [0, 0.05) is 43.4 Å². The second-order valence-electron chi connectivity index (χ2n) is 6.84. The van der Waals surface area contributed by atoms with E-state index in [4.69, 9.17) is 23.2 Å². The van der Waals surface area contributed by atoms with Gasteiger partial charge in [-0.15, -0.1) is 0 Å². The third-order valence-electron chi connectivity index (χ3n) is 4.46.